The standard InChI is InChI=1S/C38H46O9.C5H11NO2.C2H4O2/c1-22-27(46-29(39)18-17-23-13-9-7-10-14-23)20-38(42)34(47-35(41)24-15-11-8-12-16-24)31-25-21-45-26(25)19-28(43-5)37(31,4)33(40)32(44-6)30(22)36(38,2)3;1-5(2,3)8-4(6)7;1-2(3)4/h7-16,25-28,31-32,34,42H,17-21H2,1-6H3;1-3H3,(H2,6,7);1H3,(H,3,4)/t25?,26-,27+,28+,31?,32-,34+,37-,38-;;/m1../s1. The molecule has 0 aromatic heterocycles. The highest BCUT2D eigenvalue weighted by atomic mass is 16.6. The first kappa shape index (κ1) is 47.1. The van der Waals surface area contributed by atoms with E-state index in [1.165, 1.54) is 7.11 Å². The second-order valence-corrected chi connectivity index (χ2v) is 17.3. The first-order valence-electron chi connectivity index (χ1n) is 19.9. The number of hydrogen-bond acceptors (Lipinski definition) is 12. The molecule has 0 spiro atoms. The molecule has 4 aliphatic rings. The van der Waals surface area contributed by atoms with Crippen LogP contribution in [0.2, 0.25) is 0 Å². The first-order valence-corrected chi connectivity index (χ1v) is 19.9. The van der Waals surface area contributed by atoms with Crippen LogP contribution in [0.1, 0.15) is 90.6 Å². The van der Waals surface area contributed by atoms with Gasteiger partial charge in [-0.05, 0) is 69.9 Å². The van der Waals surface area contributed by atoms with Crippen LogP contribution in [0.15, 0.2) is 71.8 Å². The molecule has 0 radical (unpaired) electrons. The van der Waals surface area contributed by atoms with Gasteiger partial charge in [0.2, 0.25) is 0 Å². The van der Waals surface area contributed by atoms with Crippen molar-refractivity contribution in [1.29, 1.82) is 0 Å². The molecule has 2 aromatic carbocycles. The number of carbonyl (C=O) groups is 5. The van der Waals surface area contributed by atoms with Crippen molar-refractivity contribution in [3.8, 4) is 0 Å². The van der Waals surface area contributed by atoms with Gasteiger partial charge in [0, 0.05) is 57.7 Å². The summed E-state index contributed by atoms with van der Waals surface area (Å²) in [5.74, 6) is -2.97. The van der Waals surface area contributed by atoms with E-state index in [1.54, 1.807) is 52.1 Å². The number of aliphatic carboxylic acids is 1. The molecule has 2 aromatic rings. The number of aliphatic hydroxyl groups is 1. The average molecular weight is 824 g/mol. The summed E-state index contributed by atoms with van der Waals surface area (Å²) in [6, 6.07) is 18.3. The molecular weight excluding hydrogens is 762 g/mol. The number of carbonyl (C=O) groups excluding carboxylic acids is 4. The topological polar surface area (TPSA) is 207 Å². The van der Waals surface area contributed by atoms with E-state index in [9.17, 15) is 19.5 Å². The number of Topliss-reactive ketones (excluding diaryl/α,β-unsaturated/α-hetero) is 1. The second kappa shape index (κ2) is 18.7. The van der Waals surface area contributed by atoms with Crippen molar-refractivity contribution < 1.29 is 62.6 Å². The smallest absolute Gasteiger partial charge is 0.405 e. The van der Waals surface area contributed by atoms with Crippen LogP contribution in [0.3, 0.4) is 0 Å². The summed E-state index contributed by atoms with van der Waals surface area (Å²) in [5, 5.41) is 20.7. The van der Waals surface area contributed by atoms with Crippen LogP contribution in [-0.2, 0) is 49.2 Å². The zero-order valence-corrected chi connectivity index (χ0v) is 35.8. The van der Waals surface area contributed by atoms with Crippen LogP contribution in [-0.4, -0.2) is 103 Å². The van der Waals surface area contributed by atoms with Gasteiger partial charge >= 0.3 is 18.0 Å². The monoisotopic (exact) mass is 823 g/mol. The number of nitrogens with two attached hydrogens (primary N) is 1. The molecule has 2 bridgehead atoms. The lowest BCUT2D eigenvalue weighted by molar-refractivity contribution is -0.279. The molecule has 1 heterocycles. The van der Waals surface area contributed by atoms with Gasteiger partial charge in [0.15, 0.2) is 5.78 Å². The Labute approximate surface area is 346 Å². The SMILES string of the molecule is CC(=O)O.CC(C)(C)OC(N)=O.CO[C@H]1C(=O)[C@@]2(C)C(C3CO[C@@H]3C[C@@H]2OC)[C@H](OC(=O)c2ccccc2)[C@]2(O)C[C@H](OC(=O)CCc3ccccc3)C(C)=C1C2(C)C. The Balaban J connectivity index is 0.000000561. The molecule has 6 rings (SSSR count). The quantitative estimate of drug-likeness (QED) is 0.162. The van der Waals surface area contributed by atoms with Gasteiger partial charge < -0.3 is 44.4 Å². The lowest BCUT2D eigenvalue weighted by Gasteiger charge is -2.65. The number of methoxy groups -OCH3 is 2. The molecule has 14 heteroatoms. The number of hydrogen-bond donors (Lipinski definition) is 3. The summed E-state index contributed by atoms with van der Waals surface area (Å²) in [4.78, 5) is 61.3. The van der Waals surface area contributed by atoms with Crippen molar-refractivity contribution in [1.82, 2.24) is 0 Å². The zero-order chi connectivity index (χ0) is 44.1. The summed E-state index contributed by atoms with van der Waals surface area (Å²) in [5.41, 5.74) is 2.65. The Morgan fingerprint density at radius 3 is 1.98 bits per heavy atom. The third-order valence-electron chi connectivity index (χ3n) is 12.1. The Hall–Kier alpha value is -4.63. The normalized spacial score (nSPS) is 30.4. The molecule has 3 fully saturated rings. The number of carboxylic acids is 1. The number of aryl methyl sites for hydroxylation is 1. The molecule has 324 valence electrons. The van der Waals surface area contributed by atoms with Crippen LogP contribution < -0.4 is 5.73 Å². The second-order valence-electron chi connectivity index (χ2n) is 17.3. The lowest BCUT2D eigenvalue weighted by Crippen LogP contribution is -2.75. The van der Waals surface area contributed by atoms with Gasteiger partial charge in [0.25, 0.3) is 5.97 Å². The summed E-state index contributed by atoms with van der Waals surface area (Å²) < 4.78 is 35.2. The Morgan fingerprint density at radius 2 is 1.51 bits per heavy atom. The molecule has 14 nitrogen and oxygen atoms in total. The van der Waals surface area contributed by atoms with Gasteiger partial charge in [0.05, 0.1) is 29.8 Å². The van der Waals surface area contributed by atoms with E-state index in [4.69, 9.17) is 39.3 Å². The van der Waals surface area contributed by atoms with Gasteiger partial charge in [0.1, 0.15) is 29.5 Å². The number of benzene rings is 2. The van der Waals surface area contributed by atoms with Gasteiger partial charge in [-0.25, -0.2) is 9.59 Å². The van der Waals surface area contributed by atoms with Crippen LogP contribution >= 0.6 is 0 Å². The summed E-state index contributed by atoms with van der Waals surface area (Å²) in [6.07, 6.45) is -3.58. The molecule has 1 amide bonds. The van der Waals surface area contributed by atoms with E-state index >= 15 is 4.79 Å². The van der Waals surface area contributed by atoms with E-state index in [2.05, 4.69) is 4.74 Å². The number of rotatable bonds is 8. The first-order chi connectivity index (χ1) is 27.5. The van der Waals surface area contributed by atoms with Gasteiger partial charge in [-0.2, -0.15) is 0 Å². The van der Waals surface area contributed by atoms with Crippen LogP contribution in [0.5, 0.6) is 0 Å². The summed E-state index contributed by atoms with van der Waals surface area (Å²) >= 11 is 0. The van der Waals surface area contributed by atoms with E-state index < -0.39 is 76.4 Å². The largest absolute Gasteiger partial charge is 0.481 e. The lowest BCUT2D eigenvalue weighted by atomic mass is 9.46. The Morgan fingerprint density at radius 1 is 0.932 bits per heavy atom. The third-order valence-corrected chi connectivity index (χ3v) is 12.1. The number of carboxylic acid groups (broad SMARTS) is 1. The number of fused-ring (bicyclic) bond motifs is 5. The van der Waals surface area contributed by atoms with E-state index in [0.29, 0.717) is 36.2 Å². The fourth-order valence-corrected chi connectivity index (χ4v) is 9.24. The molecule has 1 aliphatic heterocycles. The number of primary amides is 1. The zero-order valence-electron chi connectivity index (χ0n) is 35.8. The highest BCUT2D eigenvalue weighted by Crippen LogP contribution is 2.63. The highest BCUT2D eigenvalue weighted by Gasteiger charge is 2.72. The average Bonchev–Trinajstić information content (AvgIpc) is 3.14. The third kappa shape index (κ3) is 10.1. The van der Waals surface area contributed by atoms with E-state index in [0.717, 1.165) is 12.5 Å². The molecule has 9 atom stereocenters. The molecule has 1 saturated heterocycles. The van der Waals surface area contributed by atoms with Crippen LogP contribution in [0.4, 0.5) is 4.79 Å². The predicted molar refractivity (Wildman–Crippen MR) is 216 cm³/mol. The Bertz CT molecular complexity index is 1850. The predicted octanol–water partition coefficient (Wildman–Crippen LogP) is 5.86. The van der Waals surface area contributed by atoms with Crippen molar-refractivity contribution in [3.63, 3.8) is 0 Å². The minimum Gasteiger partial charge on any atom is -0.481 e. The summed E-state index contributed by atoms with van der Waals surface area (Å²) in [7, 11) is 3.06. The van der Waals surface area contributed by atoms with Gasteiger partial charge in [-0.3, -0.25) is 14.4 Å². The number of amides is 1. The van der Waals surface area contributed by atoms with Crippen LogP contribution in [0, 0.1) is 22.7 Å². The van der Waals surface area contributed by atoms with Crippen molar-refractivity contribution in [3.05, 3.63) is 82.9 Å². The van der Waals surface area contributed by atoms with Crippen molar-refractivity contribution in [2.75, 3.05) is 20.8 Å². The maximum Gasteiger partial charge on any atom is 0.405 e. The van der Waals surface area contributed by atoms with Gasteiger partial charge in [-0.15, -0.1) is 0 Å². The van der Waals surface area contributed by atoms with Crippen molar-refractivity contribution >= 4 is 29.8 Å². The van der Waals surface area contributed by atoms with Crippen molar-refractivity contribution in [2.45, 2.75) is 123 Å². The van der Waals surface area contributed by atoms with E-state index in [1.807, 2.05) is 64.1 Å². The number of ketones is 1. The fraction of sp³-hybridized carbons (Fsp3) is 0.578. The molecule has 2 unspecified atom stereocenters. The van der Waals surface area contributed by atoms with Gasteiger partial charge in [-0.1, -0.05) is 62.4 Å². The molecule has 2 saturated carbocycles. The molecule has 3 aliphatic carbocycles. The molecule has 4 N–H and O–H groups in total. The van der Waals surface area contributed by atoms with E-state index in [-0.39, 0.29) is 30.6 Å². The summed E-state index contributed by atoms with van der Waals surface area (Å²) in [6.45, 7) is 14.1. The highest BCUT2D eigenvalue weighted by molar-refractivity contribution is 5.94. The molecule has 59 heavy (non-hydrogen) atoms. The number of esters is 2. The fourth-order valence-electron chi connectivity index (χ4n) is 9.24. The minimum atomic E-state index is -1.78. The van der Waals surface area contributed by atoms with Crippen molar-refractivity contribution in [2.24, 2.45) is 28.4 Å². The molecular formula is C45H61NO13. The van der Waals surface area contributed by atoms with Crippen LogP contribution in [0.25, 0.3) is 0 Å². The minimum absolute atomic E-state index is 0.0355. The Kier molecular flexibility index (Phi) is 14.9. The maximum absolute atomic E-state index is 15.0. The maximum atomic E-state index is 15.0. The number of ether oxygens (including phenoxy) is 6.